The van der Waals surface area contributed by atoms with E-state index >= 15 is 0 Å². The third-order valence-electron chi connectivity index (χ3n) is 14.4. The maximum Gasteiger partial charge on any atom is 0.414 e. The molecule has 23 nitrogen and oxygen atoms in total. The van der Waals surface area contributed by atoms with Gasteiger partial charge in [-0.05, 0) is 91.3 Å². The molecule has 0 saturated carbocycles. The number of thiophene rings is 1. The summed E-state index contributed by atoms with van der Waals surface area (Å²) in [5.41, 5.74) is 11.8. The number of carbonyl (C=O) groups excluding carboxylic acids is 8. The van der Waals surface area contributed by atoms with E-state index in [0.717, 1.165) is 21.2 Å². The van der Waals surface area contributed by atoms with Crippen LogP contribution in [0.1, 0.15) is 63.9 Å². The van der Waals surface area contributed by atoms with Crippen molar-refractivity contribution in [2.75, 3.05) is 65.8 Å². The van der Waals surface area contributed by atoms with Crippen molar-refractivity contribution in [3.05, 3.63) is 235 Å². The quantitative estimate of drug-likeness (QED) is 0.0373. The first-order chi connectivity index (χ1) is 43.5. The van der Waals surface area contributed by atoms with Gasteiger partial charge in [-0.25, -0.2) is 33.8 Å². The smallest absolute Gasteiger partial charge is 0.414 e. The number of ether oxygens (including phenoxy) is 3. The number of β-amino-alcohol motifs (C(OH)–C–C–N with tert-alkyl or cyclic N) is 1. The predicted molar refractivity (Wildman–Crippen MR) is 334 cm³/mol. The van der Waals surface area contributed by atoms with E-state index in [-0.39, 0.29) is 73.9 Å². The summed E-state index contributed by atoms with van der Waals surface area (Å²) in [4.78, 5) is 118. The molecule has 12 rings (SSSR count). The SMILES string of the molecule is [C-]#[N+]c1ccc(N2C[C@H](CCC(=O)c3ccc(Cl)s3)OC2=O)cc1.[C-]#[N+]c1ccc(N2C[C@H](CN)OC2=O)cc1.[C-]#[N+]c1ccc(N2C[C@H](CN3C(=O)c4ccccc4C3=O)OC2=O)cc1.[C-]#[N+]c1ccc(NC[C@@H](O)CN2C(=O)c3ccccc3C2=O)cc1. The van der Waals surface area contributed by atoms with Crippen LogP contribution in [0.15, 0.2) is 158 Å². The number of ketones is 1. The molecule has 0 spiro atoms. The molecule has 0 unspecified atom stereocenters. The van der Waals surface area contributed by atoms with E-state index in [4.69, 9.17) is 57.8 Å². The second-order valence-electron chi connectivity index (χ2n) is 20.3. The zero-order valence-electron chi connectivity index (χ0n) is 47.5. The second-order valence-corrected chi connectivity index (χ2v) is 22.0. The van der Waals surface area contributed by atoms with Crippen molar-refractivity contribution in [1.29, 1.82) is 0 Å². The maximum atomic E-state index is 12.4. The summed E-state index contributed by atoms with van der Waals surface area (Å²) in [7, 11) is 0. The van der Waals surface area contributed by atoms with Crippen LogP contribution in [0, 0.1) is 26.3 Å². The highest BCUT2D eigenvalue weighted by Gasteiger charge is 2.41. The molecule has 25 heteroatoms. The lowest BCUT2D eigenvalue weighted by molar-refractivity contribution is 0.0549. The average Bonchev–Trinajstić information content (AvgIpc) is 1.68. The summed E-state index contributed by atoms with van der Waals surface area (Å²) < 4.78 is 16.3. The average molecular weight is 1250 g/mol. The number of halogens is 1. The van der Waals surface area contributed by atoms with E-state index < -0.39 is 24.4 Å². The number of cyclic esters (lactones) is 3. The minimum absolute atomic E-state index is 0.00260. The predicted octanol–water partition coefficient (Wildman–Crippen LogP) is 11.6. The Kier molecular flexibility index (Phi) is 20.4. The highest BCUT2D eigenvalue weighted by Crippen LogP contribution is 2.31. The number of fused-ring (bicyclic) bond motifs is 2. The van der Waals surface area contributed by atoms with E-state index in [1.165, 1.54) is 26.0 Å². The van der Waals surface area contributed by atoms with Gasteiger partial charge in [0, 0.05) is 42.3 Å². The number of nitrogens with two attached hydrogens (primary N) is 1. The summed E-state index contributed by atoms with van der Waals surface area (Å²) >= 11 is 7.08. The van der Waals surface area contributed by atoms with Gasteiger partial charge in [-0.3, -0.25) is 48.5 Å². The Morgan fingerprint density at radius 2 is 0.922 bits per heavy atom. The number of aliphatic hydroxyl groups is 1. The molecule has 452 valence electrons. The molecular weight excluding hydrogens is 1190 g/mol. The van der Waals surface area contributed by atoms with Crippen LogP contribution >= 0.6 is 22.9 Å². The zero-order valence-corrected chi connectivity index (χ0v) is 49.1. The van der Waals surface area contributed by atoms with Gasteiger partial charge in [-0.15, -0.1) is 11.3 Å². The fourth-order valence-corrected chi connectivity index (χ4v) is 10.8. The number of amides is 7. The third-order valence-corrected chi connectivity index (χ3v) is 15.6. The number of hydrogen-bond acceptors (Lipinski definition) is 15. The Bertz CT molecular complexity index is 3990. The van der Waals surface area contributed by atoms with Crippen LogP contribution in [-0.4, -0.2) is 133 Å². The third kappa shape index (κ3) is 14.9. The Morgan fingerprint density at radius 1 is 0.544 bits per heavy atom. The van der Waals surface area contributed by atoms with Crippen LogP contribution < -0.4 is 25.8 Å². The van der Waals surface area contributed by atoms with Gasteiger partial charge in [-0.2, -0.15) is 0 Å². The minimum atomic E-state index is -0.896. The van der Waals surface area contributed by atoms with Crippen molar-refractivity contribution in [3.8, 4) is 0 Å². The molecule has 4 N–H and O–H groups in total. The van der Waals surface area contributed by atoms with Crippen molar-refractivity contribution in [3.63, 3.8) is 0 Å². The van der Waals surface area contributed by atoms with Gasteiger partial charge in [0.15, 0.2) is 28.5 Å². The first-order valence-corrected chi connectivity index (χ1v) is 28.8. The summed E-state index contributed by atoms with van der Waals surface area (Å²) in [6.45, 7) is 29.2. The summed E-state index contributed by atoms with van der Waals surface area (Å²) in [6, 6.07) is 43.6. The maximum absolute atomic E-state index is 12.4. The van der Waals surface area contributed by atoms with Crippen molar-refractivity contribution in [2.24, 2.45) is 5.73 Å². The number of aliphatic hydroxyl groups excluding tert-OH is 1. The molecule has 90 heavy (non-hydrogen) atoms. The molecule has 3 fully saturated rings. The molecule has 0 aliphatic carbocycles. The lowest BCUT2D eigenvalue weighted by atomic mass is 10.1. The Hall–Kier alpha value is -11.3. The van der Waals surface area contributed by atoms with E-state index in [2.05, 4.69) is 24.7 Å². The van der Waals surface area contributed by atoms with Crippen LogP contribution in [0.2, 0.25) is 4.34 Å². The lowest BCUT2D eigenvalue weighted by Crippen LogP contribution is -2.39. The van der Waals surface area contributed by atoms with Gasteiger partial charge in [0.25, 0.3) is 23.6 Å². The normalized spacial score (nSPS) is 17.1. The van der Waals surface area contributed by atoms with Crippen LogP contribution in [0.25, 0.3) is 19.4 Å². The number of anilines is 4. The number of rotatable bonds is 15. The van der Waals surface area contributed by atoms with E-state index in [0.29, 0.717) is 98.1 Å². The van der Waals surface area contributed by atoms with Crippen LogP contribution in [0.5, 0.6) is 0 Å². The van der Waals surface area contributed by atoms with Gasteiger partial charge in [-0.1, -0.05) is 84.4 Å². The molecule has 0 radical (unpaired) electrons. The molecule has 6 heterocycles. The minimum Gasteiger partial charge on any atom is -0.444 e. The Morgan fingerprint density at radius 3 is 1.31 bits per heavy atom. The topological polar surface area (TPSA) is 256 Å². The summed E-state index contributed by atoms with van der Waals surface area (Å²) in [5, 5.41) is 13.1. The summed E-state index contributed by atoms with van der Waals surface area (Å²) in [5.74, 6) is -1.50. The fraction of sp³-hybridized carbons (Fsp3) is 0.200. The molecule has 4 atom stereocenters. The molecular formula is C65H52ClN11O12S. The van der Waals surface area contributed by atoms with E-state index in [9.17, 15) is 43.5 Å². The number of carbonyl (C=O) groups is 8. The van der Waals surface area contributed by atoms with Crippen LogP contribution in [-0.2, 0) is 14.2 Å². The van der Waals surface area contributed by atoms with Crippen LogP contribution in [0.3, 0.4) is 0 Å². The van der Waals surface area contributed by atoms with Gasteiger partial charge in [0.1, 0.15) is 18.3 Å². The van der Waals surface area contributed by atoms with Crippen molar-refractivity contribution < 1.29 is 57.7 Å². The fourth-order valence-electron chi connectivity index (χ4n) is 9.74. The van der Waals surface area contributed by atoms with Crippen LogP contribution in [0.4, 0.5) is 59.9 Å². The van der Waals surface area contributed by atoms with Crippen molar-refractivity contribution in [1.82, 2.24) is 9.80 Å². The van der Waals surface area contributed by atoms with E-state index in [1.54, 1.807) is 158 Å². The molecule has 1 aromatic heterocycles. The molecule has 7 amide bonds. The highest BCUT2D eigenvalue weighted by atomic mass is 35.5. The molecule has 0 bridgehead atoms. The molecule has 5 aliphatic heterocycles. The Labute approximate surface area is 524 Å². The van der Waals surface area contributed by atoms with Gasteiger partial charge < -0.3 is 30.4 Å². The molecule has 5 aliphatic rings. The number of nitrogens with one attached hydrogen (secondary N) is 1. The summed E-state index contributed by atoms with van der Waals surface area (Å²) in [6.07, 6.45) is -2.64. The molecule has 7 aromatic rings. The number of nitrogens with zero attached hydrogens (tertiary/aromatic N) is 9. The first-order valence-electron chi connectivity index (χ1n) is 27.6. The second kappa shape index (κ2) is 29.0. The zero-order chi connectivity index (χ0) is 64.0. The van der Waals surface area contributed by atoms with Gasteiger partial charge in [0.05, 0.1) is 96.6 Å². The van der Waals surface area contributed by atoms with Gasteiger partial charge >= 0.3 is 18.3 Å². The van der Waals surface area contributed by atoms with E-state index in [1.807, 2.05) is 0 Å². The highest BCUT2D eigenvalue weighted by molar-refractivity contribution is 7.18. The number of benzene rings is 6. The molecule has 6 aromatic carbocycles. The number of imide groups is 2. The lowest BCUT2D eigenvalue weighted by Gasteiger charge is -2.19. The monoisotopic (exact) mass is 1250 g/mol. The first kappa shape index (κ1) is 63.3. The Balaban J connectivity index is 0.000000144. The number of hydrogen-bond donors (Lipinski definition) is 3. The number of Topliss-reactive ketones (excluding diaryl/α,β-unsaturated/α-hetero) is 1. The van der Waals surface area contributed by atoms with Gasteiger partial charge in [0.2, 0.25) is 0 Å². The largest absolute Gasteiger partial charge is 0.444 e. The van der Waals surface area contributed by atoms with Crippen molar-refractivity contribution in [2.45, 2.75) is 37.3 Å². The standard InChI is InChI=1S/C19H13N3O4.C18H15N3O3.C17H13ClN2O3S.C11H11N3O2/c1-20-12-6-8-13(9-7-12)21-10-14(26-19(21)25)11-22-17(23)15-4-2-3-5-16(15)18(22)24;1-19-12-6-8-13(9-7-12)20-10-14(22)11-21-17(23)15-4-2-3-5-16(15)18(21)24;1-19-11-2-4-12(5-3-11)20-10-13(23-17(20)22)6-7-14(21)15-8-9-16(18)24-15;1-13-8-2-4-9(5-3-8)14-7-10(6-12)16-11(14)15/h2-9,14H,10-11H2;2-9,14,20,22H,10-11H2;2-5,8-9,13H,6-7,10H2;2-5,10H,6-7,12H2/t2*14-;13-;10-/m1100/s1. The molecule has 3 saturated heterocycles. The van der Waals surface area contributed by atoms with Crippen molar-refractivity contribution >= 4 is 116 Å².